The van der Waals surface area contributed by atoms with Crippen molar-refractivity contribution in [3.63, 3.8) is 0 Å². The molecule has 1 fully saturated rings. The fourth-order valence-electron chi connectivity index (χ4n) is 3.40. The number of rotatable bonds is 7. The van der Waals surface area contributed by atoms with Gasteiger partial charge in [-0.1, -0.05) is 48.5 Å². The molecule has 0 saturated carbocycles. The maximum absolute atomic E-state index is 13.0. The highest BCUT2D eigenvalue weighted by Crippen LogP contribution is 2.26. The lowest BCUT2D eigenvalue weighted by atomic mass is 10.0. The van der Waals surface area contributed by atoms with Gasteiger partial charge in [-0.05, 0) is 30.5 Å². The summed E-state index contributed by atoms with van der Waals surface area (Å²) in [6.45, 7) is 1.85. The first-order valence-corrected chi connectivity index (χ1v) is 8.80. The van der Waals surface area contributed by atoms with Crippen molar-refractivity contribution >= 4 is 5.91 Å². The number of methoxy groups -OCH3 is 1. The molecule has 1 heterocycles. The first-order valence-electron chi connectivity index (χ1n) is 8.80. The van der Waals surface area contributed by atoms with Gasteiger partial charge < -0.3 is 14.4 Å². The summed E-state index contributed by atoms with van der Waals surface area (Å²) in [5, 5.41) is 0. The first kappa shape index (κ1) is 17.6. The molecule has 0 N–H and O–H groups in total. The molecule has 2 atom stereocenters. The van der Waals surface area contributed by atoms with Crippen LogP contribution in [0.4, 0.5) is 0 Å². The van der Waals surface area contributed by atoms with Crippen molar-refractivity contribution in [2.75, 3.05) is 26.9 Å². The lowest BCUT2D eigenvalue weighted by molar-refractivity contribution is 0.000496. The second-order valence-electron chi connectivity index (χ2n) is 6.31. The third-order valence-electron chi connectivity index (χ3n) is 4.67. The quantitative estimate of drug-likeness (QED) is 0.727. The smallest absolute Gasteiger partial charge is 0.254 e. The summed E-state index contributed by atoms with van der Waals surface area (Å²) in [6, 6.07) is 19.8. The molecule has 0 aromatic heterocycles. The zero-order chi connectivity index (χ0) is 17.5. The van der Waals surface area contributed by atoms with Crippen LogP contribution in [0.5, 0.6) is 0 Å². The van der Waals surface area contributed by atoms with E-state index in [1.54, 1.807) is 7.11 Å². The number of amides is 1. The van der Waals surface area contributed by atoms with Gasteiger partial charge in [-0.15, -0.1) is 0 Å². The normalized spacial score (nSPS) is 20.0. The summed E-state index contributed by atoms with van der Waals surface area (Å²) in [7, 11) is 1.67. The molecular weight excluding hydrogens is 314 g/mol. The summed E-state index contributed by atoms with van der Waals surface area (Å²) >= 11 is 0. The highest BCUT2D eigenvalue weighted by atomic mass is 16.5. The number of hydrogen-bond acceptors (Lipinski definition) is 3. The van der Waals surface area contributed by atoms with E-state index in [9.17, 15) is 4.79 Å². The van der Waals surface area contributed by atoms with Crippen LogP contribution >= 0.6 is 0 Å². The molecule has 4 heteroatoms. The second-order valence-corrected chi connectivity index (χ2v) is 6.31. The van der Waals surface area contributed by atoms with Crippen LogP contribution in [0.2, 0.25) is 0 Å². The Morgan fingerprint density at radius 1 is 1.04 bits per heavy atom. The minimum atomic E-state index is 0.0445. The van der Waals surface area contributed by atoms with E-state index in [2.05, 4.69) is 12.1 Å². The predicted octanol–water partition coefficient (Wildman–Crippen LogP) is 3.18. The molecule has 3 rings (SSSR count). The average molecular weight is 339 g/mol. The number of carbonyl (C=O) groups is 1. The lowest BCUT2D eigenvalue weighted by Crippen LogP contribution is -2.42. The summed E-state index contributed by atoms with van der Waals surface area (Å²) < 4.78 is 11.1. The molecule has 0 radical (unpaired) electrons. The molecule has 1 aliphatic rings. The van der Waals surface area contributed by atoms with Gasteiger partial charge in [0.15, 0.2) is 0 Å². The molecule has 0 bridgehead atoms. The number of likely N-dealkylation sites (tertiary alicyclic amines) is 1. The molecular formula is C21H25NO3. The average Bonchev–Trinajstić information content (AvgIpc) is 3.05. The Balaban J connectivity index is 1.77. The molecule has 25 heavy (non-hydrogen) atoms. The van der Waals surface area contributed by atoms with Crippen molar-refractivity contribution in [1.82, 2.24) is 4.90 Å². The van der Waals surface area contributed by atoms with Gasteiger partial charge in [-0.3, -0.25) is 4.79 Å². The molecule has 1 saturated heterocycles. The second kappa shape index (κ2) is 8.79. The third-order valence-corrected chi connectivity index (χ3v) is 4.67. The van der Waals surface area contributed by atoms with Crippen molar-refractivity contribution in [2.45, 2.75) is 25.0 Å². The van der Waals surface area contributed by atoms with Crippen LogP contribution in [0, 0.1) is 0 Å². The van der Waals surface area contributed by atoms with E-state index in [-0.39, 0.29) is 18.1 Å². The minimum absolute atomic E-state index is 0.0445. The van der Waals surface area contributed by atoms with E-state index in [1.807, 2.05) is 53.4 Å². The first-order chi connectivity index (χ1) is 12.3. The number of hydrogen-bond donors (Lipinski definition) is 0. The molecule has 0 spiro atoms. The van der Waals surface area contributed by atoms with Crippen molar-refractivity contribution in [2.24, 2.45) is 0 Å². The van der Waals surface area contributed by atoms with Crippen LogP contribution in [0.15, 0.2) is 60.7 Å². The van der Waals surface area contributed by atoms with Gasteiger partial charge in [-0.25, -0.2) is 0 Å². The number of carbonyl (C=O) groups excluding carboxylic acids is 1. The molecule has 2 aromatic carbocycles. The molecule has 0 unspecified atom stereocenters. The van der Waals surface area contributed by atoms with Gasteiger partial charge in [0.2, 0.25) is 0 Å². The van der Waals surface area contributed by atoms with E-state index in [1.165, 1.54) is 5.56 Å². The van der Waals surface area contributed by atoms with Crippen molar-refractivity contribution in [3.8, 4) is 0 Å². The zero-order valence-electron chi connectivity index (χ0n) is 14.6. The Bertz CT molecular complexity index is 659. The molecule has 4 nitrogen and oxygen atoms in total. The predicted molar refractivity (Wildman–Crippen MR) is 97.6 cm³/mol. The maximum Gasteiger partial charge on any atom is 0.254 e. The number of benzene rings is 2. The SMILES string of the molecule is COCCO[C@H]1CCN(C(=O)c2ccccc2)[C@H]1Cc1ccccc1. The Hall–Kier alpha value is -2.17. The number of ether oxygens (including phenoxy) is 2. The zero-order valence-corrected chi connectivity index (χ0v) is 14.6. The standard InChI is InChI=1S/C21H25NO3/c1-24-14-15-25-20-12-13-22(21(23)18-10-6-3-7-11-18)19(20)16-17-8-4-2-5-9-17/h2-11,19-20H,12-16H2,1H3/t19-,20-/m0/s1. The van der Waals surface area contributed by atoms with E-state index in [4.69, 9.17) is 9.47 Å². The van der Waals surface area contributed by atoms with Crippen molar-refractivity contribution in [1.29, 1.82) is 0 Å². The van der Waals surface area contributed by atoms with Crippen LogP contribution in [0.25, 0.3) is 0 Å². The van der Waals surface area contributed by atoms with Gasteiger partial charge in [0.05, 0.1) is 25.4 Å². The van der Waals surface area contributed by atoms with Crippen molar-refractivity contribution < 1.29 is 14.3 Å². The minimum Gasteiger partial charge on any atom is -0.382 e. The fraction of sp³-hybridized carbons (Fsp3) is 0.381. The van der Waals surface area contributed by atoms with Gasteiger partial charge in [0.1, 0.15) is 0 Å². The van der Waals surface area contributed by atoms with Crippen LogP contribution in [-0.2, 0) is 15.9 Å². The van der Waals surface area contributed by atoms with E-state index in [0.717, 1.165) is 24.9 Å². The Kier molecular flexibility index (Phi) is 6.20. The molecule has 0 aliphatic carbocycles. The summed E-state index contributed by atoms with van der Waals surface area (Å²) in [6.07, 6.45) is 1.71. The molecule has 132 valence electrons. The Morgan fingerprint density at radius 3 is 2.40 bits per heavy atom. The topological polar surface area (TPSA) is 38.8 Å². The van der Waals surface area contributed by atoms with E-state index in [0.29, 0.717) is 13.2 Å². The van der Waals surface area contributed by atoms with Crippen LogP contribution in [-0.4, -0.2) is 49.8 Å². The van der Waals surface area contributed by atoms with E-state index < -0.39 is 0 Å². The molecule has 1 amide bonds. The third kappa shape index (κ3) is 4.47. The Morgan fingerprint density at radius 2 is 1.72 bits per heavy atom. The van der Waals surface area contributed by atoms with Gasteiger partial charge >= 0.3 is 0 Å². The van der Waals surface area contributed by atoms with Gasteiger partial charge in [0, 0.05) is 19.2 Å². The highest BCUT2D eigenvalue weighted by Gasteiger charge is 2.37. The monoisotopic (exact) mass is 339 g/mol. The maximum atomic E-state index is 13.0. The van der Waals surface area contributed by atoms with Crippen LogP contribution in [0.1, 0.15) is 22.3 Å². The van der Waals surface area contributed by atoms with Gasteiger partial charge in [-0.2, -0.15) is 0 Å². The Labute approximate surface area is 149 Å². The number of nitrogens with zero attached hydrogens (tertiary/aromatic N) is 1. The molecule has 2 aromatic rings. The fourth-order valence-corrected chi connectivity index (χ4v) is 3.40. The van der Waals surface area contributed by atoms with Gasteiger partial charge in [0.25, 0.3) is 5.91 Å². The van der Waals surface area contributed by atoms with Crippen molar-refractivity contribution in [3.05, 3.63) is 71.8 Å². The highest BCUT2D eigenvalue weighted by molar-refractivity contribution is 5.94. The summed E-state index contributed by atoms with van der Waals surface area (Å²) in [4.78, 5) is 14.9. The summed E-state index contributed by atoms with van der Waals surface area (Å²) in [5.41, 5.74) is 1.96. The van der Waals surface area contributed by atoms with Crippen LogP contribution < -0.4 is 0 Å². The largest absolute Gasteiger partial charge is 0.382 e. The van der Waals surface area contributed by atoms with E-state index >= 15 is 0 Å². The summed E-state index contributed by atoms with van der Waals surface area (Å²) in [5.74, 6) is 0.0828. The van der Waals surface area contributed by atoms with Crippen LogP contribution in [0.3, 0.4) is 0 Å². The molecule has 1 aliphatic heterocycles. The lowest BCUT2D eigenvalue weighted by Gasteiger charge is -2.28.